The molecule has 1 aliphatic rings. The largest absolute Gasteiger partial charge is 0.353 e. The summed E-state index contributed by atoms with van der Waals surface area (Å²) in [7, 11) is 0. The maximum atomic E-state index is 13.3. The van der Waals surface area contributed by atoms with Gasteiger partial charge in [-0.15, -0.1) is 0 Å². The van der Waals surface area contributed by atoms with Gasteiger partial charge in [-0.1, -0.05) is 32.0 Å². The molecule has 7 nitrogen and oxygen atoms in total. The van der Waals surface area contributed by atoms with E-state index in [0.717, 1.165) is 0 Å². The molecule has 1 unspecified atom stereocenters. The zero-order valence-electron chi connectivity index (χ0n) is 18.5. The summed E-state index contributed by atoms with van der Waals surface area (Å²) in [5.41, 5.74) is 0.113. The van der Waals surface area contributed by atoms with E-state index in [1.165, 1.54) is 4.68 Å². The lowest BCUT2D eigenvalue weighted by atomic mass is 9.94. The van der Waals surface area contributed by atoms with Crippen molar-refractivity contribution >= 4 is 22.6 Å². The highest BCUT2D eigenvalue weighted by molar-refractivity contribution is 6.04. The molecule has 1 aromatic carbocycles. The molecule has 1 fully saturated rings. The van der Waals surface area contributed by atoms with E-state index in [1.807, 2.05) is 26.8 Å². The Bertz CT molecular complexity index is 988. The van der Waals surface area contributed by atoms with Crippen LogP contribution in [-0.2, 0) is 4.79 Å². The maximum Gasteiger partial charge on any atom is 0.274 e. The van der Waals surface area contributed by atoms with Crippen molar-refractivity contribution in [2.75, 3.05) is 13.1 Å². The van der Waals surface area contributed by atoms with Crippen molar-refractivity contribution < 1.29 is 9.59 Å². The fraction of sp³-hybridized carbons (Fsp3) is 0.565. The van der Waals surface area contributed by atoms with Crippen molar-refractivity contribution in [2.45, 2.75) is 59.5 Å². The van der Waals surface area contributed by atoms with E-state index in [4.69, 9.17) is 0 Å². The second kappa shape index (κ2) is 8.98. The van der Waals surface area contributed by atoms with Gasteiger partial charge in [-0.2, -0.15) is 5.10 Å². The van der Waals surface area contributed by atoms with E-state index in [2.05, 4.69) is 24.3 Å². The van der Waals surface area contributed by atoms with E-state index in [0.29, 0.717) is 48.3 Å². The number of fused-ring (bicyclic) bond motifs is 1. The quantitative estimate of drug-likeness (QED) is 0.818. The van der Waals surface area contributed by atoms with Crippen molar-refractivity contribution in [3.63, 3.8) is 0 Å². The fourth-order valence-electron chi connectivity index (χ4n) is 3.72. The molecule has 0 radical (unpaired) electrons. The Kier molecular flexibility index (Phi) is 6.58. The van der Waals surface area contributed by atoms with Gasteiger partial charge in [0.25, 0.3) is 11.5 Å². The first-order valence-electron chi connectivity index (χ1n) is 10.8. The van der Waals surface area contributed by atoms with Crippen molar-refractivity contribution in [3.05, 3.63) is 40.3 Å². The summed E-state index contributed by atoms with van der Waals surface area (Å²) in [6.07, 6.45) is 1.26. The molecule has 2 heterocycles. The molecular weight excluding hydrogens is 380 g/mol. The lowest BCUT2D eigenvalue weighted by molar-refractivity contribution is -0.127. The van der Waals surface area contributed by atoms with E-state index in [9.17, 15) is 14.4 Å². The van der Waals surface area contributed by atoms with E-state index in [-0.39, 0.29) is 35.4 Å². The van der Waals surface area contributed by atoms with Crippen LogP contribution >= 0.6 is 0 Å². The SMILES string of the molecule is CC(C)C(C)NC(=O)C1CCN(C(=O)c2nn(C(C)C)c(=O)c3ccccc23)CC1. The van der Waals surface area contributed by atoms with Crippen LogP contribution in [0.5, 0.6) is 0 Å². The molecule has 2 amide bonds. The lowest BCUT2D eigenvalue weighted by Crippen LogP contribution is -2.46. The number of amides is 2. The van der Waals surface area contributed by atoms with Crippen molar-refractivity contribution in [3.8, 4) is 0 Å². The minimum Gasteiger partial charge on any atom is -0.353 e. The number of nitrogens with one attached hydrogen (secondary N) is 1. The molecule has 2 aromatic rings. The summed E-state index contributed by atoms with van der Waals surface area (Å²) in [6.45, 7) is 10.9. The zero-order chi connectivity index (χ0) is 22.0. The van der Waals surface area contributed by atoms with Gasteiger partial charge in [-0.05, 0) is 45.6 Å². The molecule has 0 bridgehead atoms. The number of nitrogens with zero attached hydrogens (tertiary/aromatic N) is 3. The maximum absolute atomic E-state index is 13.3. The number of benzene rings is 1. The minimum atomic E-state index is -0.188. The molecule has 30 heavy (non-hydrogen) atoms. The molecule has 7 heteroatoms. The Morgan fingerprint density at radius 1 is 1.03 bits per heavy atom. The van der Waals surface area contributed by atoms with Gasteiger partial charge < -0.3 is 10.2 Å². The molecule has 0 spiro atoms. The van der Waals surface area contributed by atoms with Gasteiger partial charge in [0.2, 0.25) is 5.91 Å². The first-order chi connectivity index (χ1) is 14.2. The monoisotopic (exact) mass is 412 g/mol. The fourth-order valence-corrected chi connectivity index (χ4v) is 3.72. The average Bonchev–Trinajstić information content (AvgIpc) is 2.73. The summed E-state index contributed by atoms with van der Waals surface area (Å²) >= 11 is 0. The number of piperidine rings is 1. The molecule has 1 atom stereocenters. The number of carbonyl (C=O) groups excluding carboxylic acids is 2. The molecule has 1 N–H and O–H groups in total. The van der Waals surface area contributed by atoms with Gasteiger partial charge >= 0.3 is 0 Å². The summed E-state index contributed by atoms with van der Waals surface area (Å²) in [6, 6.07) is 7.10. The highest BCUT2D eigenvalue weighted by atomic mass is 16.2. The normalized spacial score (nSPS) is 16.3. The Labute approximate surface area is 177 Å². The van der Waals surface area contributed by atoms with Crippen LogP contribution < -0.4 is 10.9 Å². The molecule has 0 aliphatic carbocycles. The molecule has 1 saturated heterocycles. The Hall–Kier alpha value is -2.70. The van der Waals surface area contributed by atoms with Crippen molar-refractivity contribution in [2.24, 2.45) is 11.8 Å². The van der Waals surface area contributed by atoms with Crippen LogP contribution in [0.3, 0.4) is 0 Å². The highest BCUT2D eigenvalue weighted by Gasteiger charge is 2.30. The molecule has 0 saturated carbocycles. The predicted molar refractivity (Wildman–Crippen MR) is 117 cm³/mol. The number of likely N-dealkylation sites (tertiary alicyclic amines) is 1. The molecule has 3 rings (SSSR count). The van der Waals surface area contributed by atoms with Gasteiger partial charge in [0.1, 0.15) is 0 Å². The smallest absolute Gasteiger partial charge is 0.274 e. The van der Waals surface area contributed by atoms with Gasteiger partial charge in [-0.25, -0.2) is 4.68 Å². The average molecular weight is 413 g/mol. The first-order valence-corrected chi connectivity index (χ1v) is 10.8. The second-order valence-corrected chi connectivity index (χ2v) is 8.85. The number of rotatable bonds is 5. The molecule has 1 aliphatic heterocycles. The third-order valence-corrected chi connectivity index (χ3v) is 6.04. The van der Waals surface area contributed by atoms with Crippen LogP contribution in [0.2, 0.25) is 0 Å². The van der Waals surface area contributed by atoms with Gasteiger partial charge in [0, 0.05) is 30.4 Å². The van der Waals surface area contributed by atoms with Crippen LogP contribution in [-0.4, -0.2) is 45.6 Å². The minimum absolute atomic E-state index is 0.0697. The zero-order valence-corrected chi connectivity index (χ0v) is 18.5. The van der Waals surface area contributed by atoms with Gasteiger partial charge in [0.05, 0.1) is 11.4 Å². The summed E-state index contributed by atoms with van der Waals surface area (Å²) < 4.78 is 1.38. The Balaban J connectivity index is 1.79. The number of hydrogen-bond donors (Lipinski definition) is 1. The molecule has 1 aromatic heterocycles. The second-order valence-electron chi connectivity index (χ2n) is 8.85. The van der Waals surface area contributed by atoms with Gasteiger partial charge in [0.15, 0.2) is 5.69 Å². The Morgan fingerprint density at radius 2 is 1.63 bits per heavy atom. The number of carbonyl (C=O) groups is 2. The van der Waals surface area contributed by atoms with Crippen LogP contribution in [0, 0.1) is 11.8 Å². The Morgan fingerprint density at radius 3 is 2.20 bits per heavy atom. The summed E-state index contributed by atoms with van der Waals surface area (Å²) in [5.74, 6) is 0.187. The summed E-state index contributed by atoms with van der Waals surface area (Å²) in [4.78, 5) is 40.3. The van der Waals surface area contributed by atoms with Crippen LogP contribution in [0.15, 0.2) is 29.1 Å². The lowest BCUT2D eigenvalue weighted by Gasteiger charge is -2.32. The first kappa shape index (κ1) is 22.0. The topological polar surface area (TPSA) is 84.3 Å². The van der Waals surface area contributed by atoms with Crippen LogP contribution in [0.1, 0.15) is 64.0 Å². The van der Waals surface area contributed by atoms with Crippen molar-refractivity contribution in [1.29, 1.82) is 0 Å². The van der Waals surface area contributed by atoms with E-state index >= 15 is 0 Å². The van der Waals surface area contributed by atoms with E-state index in [1.54, 1.807) is 23.1 Å². The third kappa shape index (κ3) is 4.40. The van der Waals surface area contributed by atoms with Crippen LogP contribution in [0.25, 0.3) is 10.8 Å². The third-order valence-electron chi connectivity index (χ3n) is 6.04. The number of hydrogen-bond acceptors (Lipinski definition) is 4. The highest BCUT2D eigenvalue weighted by Crippen LogP contribution is 2.22. The number of aromatic nitrogens is 2. The summed E-state index contributed by atoms with van der Waals surface area (Å²) in [5, 5.41) is 8.58. The standard InChI is InChI=1S/C23H32N4O3/c1-14(2)16(5)24-21(28)17-10-12-26(13-11-17)23(30)20-18-8-6-7-9-19(18)22(29)27(25-20)15(3)4/h6-9,14-17H,10-13H2,1-5H3,(H,24,28). The predicted octanol–water partition coefficient (Wildman–Crippen LogP) is 2.99. The molecule has 162 valence electrons. The van der Waals surface area contributed by atoms with Crippen molar-refractivity contribution in [1.82, 2.24) is 20.0 Å². The molecular formula is C23H32N4O3. The van der Waals surface area contributed by atoms with Gasteiger partial charge in [-0.3, -0.25) is 14.4 Å². The van der Waals surface area contributed by atoms with Crippen LogP contribution in [0.4, 0.5) is 0 Å². The van der Waals surface area contributed by atoms with E-state index < -0.39 is 0 Å².